The van der Waals surface area contributed by atoms with Crippen LogP contribution in [0, 0.1) is 5.82 Å². The molecule has 5 nitrogen and oxygen atoms in total. The highest BCUT2D eigenvalue weighted by Crippen LogP contribution is 2.40. The van der Waals surface area contributed by atoms with Gasteiger partial charge in [-0.2, -0.15) is 0 Å². The number of aromatic hydroxyl groups is 1. The van der Waals surface area contributed by atoms with Gasteiger partial charge in [0.15, 0.2) is 6.61 Å². The van der Waals surface area contributed by atoms with E-state index in [4.69, 9.17) is 4.74 Å². The summed E-state index contributed by atoms with van der Waals surface area (Å²) in [6.07, 6.45) is 0.505. The first-order chi connectivity index (χ1) is 14.3. The summed E-state index contributed by atoms with van der Waals surface area (Å²) in [4.78, 5) is 24.1. The van der Waals surface area contributed by atoms with E-state index in [9.17, 15) is 19.1 Å². The van der Waals surface area contributed by atoms with Gasteiger partial charge in [0, 0.05) is 6.42 Å². The third-order valence-electron chi connectivity index (χ3n) is 4.92. The maximum Gasteiger partial charge on any atom is 0.306 e. The van der Waals surface area contributed by atoms with Crippen LogP contribution in [0.4, 0.5) is 10.1 Å². The van der Waals surface area contributed by atoms with E-state index < -0.39 is 24.3 Å². The van der Waals surface area contributed by atoms with E-state index in [0.717, 1.165) is 16.7 Å². The molecule has 1 amide bonds. The SMILES string of the molecule is CC(C)(C)c1cc(CCC(=O)OCC(=O)Nc2ccccc2F)cc(C(C)(C)C)c1O. The number of benzene rings is 2. The third-order valence-corrected chi connectivity index (χ3v) is 4.92. The average molecular weight is 430 g/mol. The zero-order valence-corrected chi connectivity index (χ0v) is 19.1. The van der Waals surface area contributed by atoms with E-state index in [2.05, 4.69) is 5.32 Å². The van der Waals surface area contributed by atoms with Gasteiger partial charge in [-0.15, -0.1) is 0 Å². The predicted molar refractivity (Wildman–Crippen MR) is 120 cm³/mol. The second kappa shape index (κ2) is 9.50. The summed E-state index contributed by atoms with van der Waals surface area (Å²) in [5, 5.41) is 13.2. The van der Waals surface area contributed by atoms with E-state index in [-0.39, 0.29) is 28.7 Å². The molecule has 0 bridgehead atoms. The van der Waals surface area contributed by atoms with E-state index in [1.165, 1.54) is 18.2 Å². The minimum absolute atomic E-state index is 0.0389. The lowest BCUT2D eigenvalue weighted by molar-refractivity contribution is -0.147. The number of esters is 1. The lowest BCUT2D eigenvalue weighted by atomic mass is 9.78. The number of aryl methyl sites for hydroxylation is 1. The summed E-state index contributed by atoms with van der Waals surface area (Å²) < 4.78 is 18.6. The lowest BCUT2D eigenvalue weighted by Crippen LogP contribution is -2.21. The maximum atomic E-state index is 13.6. The Labute approximate surface area is 183 Å². The number of rotatable bonds is 6. The van der Waals surface area contributed by atoms with Crippen molar-refractivity contribution < 1.29 is 23.8 Å². The molecule has 0 spiro atoms. The molecule has 0 saturated carbocycles. The summed E-state index contributed by atoms with van der Waals surface area (Å²) >= 11 is 0. The fourth-order valence-electron chi connectivity index (χ4n) is 3.20. The van der Waals surface area contributed by atoms with Crippen LogP contribution >= 0.6 is 0 Å². The van der Waals surface area contributed by atoms with Crippen molar-refractivity contribution in [1.82, 2.24) is 0 Å². The Hall–Kier alpha value is -2.89. The molecule has 0 fully saturated rings. The molecular weight excluding hydrogens is 397 g/mol. The minimum atomic E-state index is -0.604. The van der Waals surface area contributed by atoms with E-state index in [0.29, 0.717) is 6.42 Å². The number of nitrogens with one attached hydrogen (secondary N) is 1. The molecule has 6 heteroatoms. The number of hydrogen-bond acceptors (Lipinski definition) is 4. The zero-order chi connectivity index (χ0) is 23.4. The molecule has 2 N–H and O–H groups in total. The van der Waals surface area contributed by atoms with Crippen molar-refractivity contribution in [1.29, 1.82) is 0 Å². The molecule has 168 valence electrons. The van der Waals surface area contributed by atoms with Gasteiger partial charge in [-0.05, 0) is 46.1 Å². The molecule has 0 aliphatic carbocycles. The number of hydrogen-bond donors (Lipinski definition) is 2. The number of phenolic OH excluding ortho intramolecular Hbond substituents is 1. The molecule has 0 radical (unpaired) electrons. The Balaban J connectivity index is 2.01. The summed E-state index contributed by atoms with van der Waals surface area (Å²) in [5.74, 6) is -1.39. The van der Waals surface area contributed by atoms with Crippen molar-refractivity contribution in [2.24, 2.45) is 0 Å². The summed E-state index contributed by atoms with van der Waals surface area (Å²) in [6.45, 7) is 11.7. The number of para-hydroxylation sites is 1. The van der Waals surface area contributed by atoms with Crippen LogP contribution in [0.25, 0.3) is 0 Å². The summed E-state index contributed by atoms with van der Waals surface area (Å²) in [5.41, 5.74) is 2.09. The van der Waals surface area contributed by atoms with Gasteiger partial charge in [0.25, 0.3) is 5.91 Å². The van der Waals surface area contributed by atoms with E-state index >= 15 is 0 Å². The van der Waals surface area contributed by atoms with E-state index in [1.54, 1.807) is 6.07 Å². The Kier molecular flexibility index (Phi) is 7.47. The first kappa shape index (κ1) is 24.4. The van der Waals surface area contributed by atoms with Gasteiger partial charge in [-0.3, -0.25) is 9.59 Å². The smallest absolute Gasteiger partial charge is 0.306 e. The molecule has 0 unspecified atom stereocenters. The first-order valence-corrected chi connectivity index (χ1v) is 10.4. The van der Waals surface area contributed by atoms with Crippen molar-refractivity contribution in [3.8, 4) is 5.75 Å². The number of halogens is 1. The van der Waals surface area contributed by atoms with Gasteiger partial charge in [-0.1, -0.05) is 65.8 Å². The van der Waals surface area contributed by atoms with Crippen LogP contribution in [0.1, 0.15) is 64.7 Å². The lowest BCUT2D eigenvalue weighted by Gasteiger charge is -2.28. The van der Waals surface area contributed by atoms with Crippen molar-refractivity contribution >= 4 is 17.6 Å². The van der Waals surface area contributed by atoms with Gasteiger partial charge in [0.2, 0.25) is 0 Å². The fourth-order valence-corrected chi connectivity index (χ4v) is 3.20. The van der Waals surface area contributed by atoms with Crippen LogP contribution in [0.5, 0.6) is 5.75 Å². The quantitative estimate of drug-likeness (QED) is 0.616. The van der Waals surface area contributed by atoms with Gasteiger partial charge in [0.05, 0.1) is 5.69 Å². The van der Waals surface area contributed by atoms with Crippen LogP contribution in [0.15, 0.2) is 36.4 Å². The molecule has 0 saturated heterocycles. The standard InChI is InChI=1S/C25H32FNO4/c1-24(2,3)17-13-16(14-18(23(17)30)25(4,5)6)11-12-22(29)31-15-21(28)27-20-10-8-7-9-19(20)26/h7-10,13-14,30H,11-12,15H2,1-6H3,(H,27,28). The van der Waals surface area contributed by atoms with Crippen molar-refractivity contribution in [3.63, 3.8) is 0 Å². The largest absolute Gasteiger partial charge is 0.507 e. The fraction of sp³-hybridized carbons (Fsp3) is 0.440. The van der Waals surface area contributed by atoms with Gasteiger partial charge < -0.3 is 15.2 Å². The van der Waals surface area contributed by atoms with Crippen molar-refractivity contribution in [3.05, 3.63) is 58.9 Å². The van der Waals surface area contributed by atoms with Crippen LogP contribution < -0.4 is 5.32 Å². The molecule has 2 aromatic rings. The second-order valence-corrected chi connectivity index (χ2v) is 9.73. The zero-order valence-electron chi connectivity index (χ0n) is 19.1. The third kappa shape index (κ3) is 6.81. The van der Waals surface area contributed by atoms with Crippen LogP contribution in [-0.2, 0) is 31.6 Å². The highest BCUT2D eigenvalue weighted by atomic mass is 19.1. The Bertz CT molecular complexity index is 920. The monoisotopic (exact) mass is 429 g/mol. The molecule has 0 heterocycles. The summed E-state index contributed by atoms with van der Waals surface area (Å²) in [6, 6.07) is 9.62. The number of carbonyl (C=O) groups is 2. The average Bonchev–Trinajstić information content (AvgIpc) is 2.65. The Morgan fingerprint density at radius 1 is 1.00 bits per heavy atom. The minimum Gasteiger partial charge on any atom is -0.507 e. The van der Waals surface area contributed by atoms with Crippen molar-refractivity contribution in [2.75, 3.05) is 11.9 Å². The molecular formula is C25H32FNO4. The Morgan fingerprint density at radius 3 is 2.06 bits per heavy atom. The number of anilines is 1. The molecule has 0 aliphatic heterocycles. The second-order valence-electron chi connectivity index (χ2n) is 9.73. The van der Waals surface area contributed by atoms with Crippen LogP contribution in [0.2, 0.25) is 0 Å². The number of ether oxygens (including phenoxy) is 1. The molecule has 0 atom stereocenters. The Morgan fingerprint density at radius 2 is 1.55 bits per heavy atom. The number of amides is 1. The normalized spacial score (nSPS) is 11.8. The van der Waals surface area contributed by atoms with E-state index in [1.807, 2.05) is 53.7 Å². The number of phenols is 1. The first-order valence-electron chi connectivity index (χ1n) is 10.4. The number of carbonyl (C=O) groups excluding carboxylic acids is 2. The maximum absolute atomic E-state index is 13.6. The van der Waals surface area contributed by atoms with Gasteiger partial charge in [-0.25, -0.2) is 4.39 Å². The summed E-state index contributed by atoms with van der Waals surface area (Å²) in [7, 11) is 0. The highest BCUT2D eigenvalue weighted by Gasteiger charge is 2.26. The van der Waals surface area contributed by atoms with Crippen LogP contribution in [0.3, 0.4) is 0 Å². The topological polar surface area (TPSA) is 75.6 Å². The van der Waals surface area contributed by atoms with Crippen molar-refractivity contribution in [2.45, 2.75) is 65.2 Å². The molecule has 2 rings (SSSR count). The van der Waals surface area contributed by atoms with Crippen LogP contribution in [-0.4, -0.2) is 23.6 Å². The predicted octanol–water partition coefficient (Wildman–Crippen LogP) is 5.24. The molecule has 31 heavy (non-hydrogen) atoms. The molecule has 0 aromatic heterocycles. The highest BCUT2D eigenvalue weighted by molar-refractivity contribution is 5.92. The van der Waals surface area contributed by atoms with Gasteiger partial charge in [0.1, 0.15) is 11.6 Å². The molecule has 0 aliphatic rings. The molecule has 2 aromatic carbocycles. The van der Waals surface area contributed by atoms with Gasteiger partial charge >= 0.3 is 5.97 Å².